The average molecular weight is 318 g/mol. The number of piperidine rings is 1. The number of ether oxygens (including phenoxy) is 1. The maximum absolute atomic E-state index is 12.1. The van der Waals surface area contributed by atoms with Crippen molar-refractivity contribution in [3.05, 3.63) is 0 Å². The molecule has 0 spiro atoms. The molecule has 0 radical (unpaired) electrons. The summed E-state index contributed by atoms with van der Waals surface area (Å²) in [7, 11) is 1.28. The van der Waals surface area contributed by atoms with E-state index in [1.165, 1.54) is 12.0 Å². The normalized spacial score (nSPS) is 29.1. The molecule has 1 heterocycles. The van der Waals surface area contributed by atoms with Gasteiger partial charge >= 0.3 is 5.97 Å². The summed E-state index contributed by atoms with van der Waals surface area (Å²) in [6, 6.07) is 0. The van der Waals surface area contributed by atoms with Crippen LogP contribution in [0.5, 0.6) is 0 Å². The molecule has 0 aromatic heterocycles. The summed E-state index contributed by atoms with van der Waals surface area (Å²) in [6.45, 7) is 0.0668. The summed E-state index contributed by atoms with van der Waals surface area (Å²) in [5.41, 5.74) is 0. The molecule has 6 heteroatoms. The minimum atomic E-state index is -0.644. The second-order valence-electron chi connectivity index (χ2n) is 4.84. The van der Waals surface area contributed by atoms with Crippen molar-refractivity contribution in [2.24, 2.45) is 11.8 Å². The molecule has 2 aliphatic rings. The van der Waals surface area contributed by atoms with Crippen LogP contribution in [0.25, 0.3) is 0 Å². The number of methoxy groups -OCH3 is 1. The lowest BCUT2D eigenvalue weighted by atomic mass is 9.77. The Morgan fingerprint density at radius 2 is 1.94 bits per heavy atom. The first kappa shape index (κ1) is 13.5. The van der Waals surface area contributed by atoms with E-state index in [9.17, 15) is 14.4 Å². The van der Waals surface area contributed by atoms with Gasteiger partial charge in [0.15, 0.2) is 0 Å². The number of rotatable bonds is 3. The van der Waals surface area contributed by atoms with Crippen LogP contribution in [-0.4, -0.2) is 41.2 Å². The zero-order valence-corrected chi connectivity index (χ0v) is 11.8. The number of amides is 2. The maximum Gasteiger partial charge on any atom is 0.321 e. The van der Waals surface area contributed by atoms with E-state index in [1.54, 1.807) is 0 Å². The molecule has 2 fully saturated rings. The van der Waals surface area contributed by atoms with Crippen LogP contribution in [0.15, 0.2) is 0 Å². The molecule has 0 aromatic carbocycles. The highest BCUT2D eigenvalue weighted by molar-refractivity contribution is 9.10. The van der Waals surface area contributed by atoms with Crippen LogP contribution < -0.4 is 0 Å². The molecule has 0 N–H and O–H groups in total. The van der Waals surface area contributed by atoms with Crippen LogP contribution >= 0.6 is 15.9 Å². The topological polar surface area (TPSA) is 63.7 Å². The summed E-state index contributed by atoms with van der Waals surface area (Å²) < 4.78 is 4.58. The molecule has 1 aliphatic heterocycles. The number of fused-ring (bicyclic) bond motifs is 2. The number of imide groups is 1. The van der Waals surface area contributed by atoms with Crippen LogP contribution in [0, 0.1) is 11.8 Å². The second-order valence-corrected chi connectivity index (χ2v) is 5.94. The molecule has 3 unspecified atom stereocenters. The number of carbonyl (C=O) groups excluding carboxylic acids is 3. The van der Waals surface area contributed by atoms with Crippen molar-refractivity contribution in [2.75, 3.05) is 13.7 Å². The number of alkyl halides is 1. The van der Waals surface area contributed by atoms with Gasteiger partial charge in [-0.25, -0.2) is 0 Å². The first-order valence-corrected chi connectivity index (χ1v) is 7.03. The van der Waals surface area contributed by atoms with E-state index < -0.39 is 10.8 Å². The van der Waals surface area contributed by atoms with Gasteiger partial charge in [0.05, 0.1) is 13.7 Å². The van der Waals surface area contributed by atoms with Crippen molar-refractivity contribution in [2.45, 2.75) is 30.5 Å². The zero-order valence-electron chi connectivity index (χ0n) is 10.2. The maximum atomic E-state index is 12.1. The molecule has 100 valence electrons. The van der Waals surface area contributed by atoms with E-state index in [0.717, 1.165) is 19.3 Å². The molecular weight excluding hydrogens is 302 g/mol. The molecule has 5 nitrogen and oxygen atoms in total. The van der Waals surface area contributed by atoms with Crippen LogP contribution in [0.2, 0.25) is 0 Å². The lowest BCUT2D eigenvalue weighted by Crippen LogP contribution is -2.53. The Labute approximate surface area is 114 Å². The first-order valence-electron chi connectivity index (χ1n) is 6.11. The Morgan fingerprint density at radius 1 is 1.39 bits per heavy atom. The van der Waals surface area contributed by atoms with Gasteiger partial charge in [0.1, 0.15) is 4.83 Å². The Morgan fingerprint density at radius 3 is 2.44 bits per heavy atom. The average Bonchev–Trinajstić information content (AvgIpc) is 2.40. The standard InChI is InChI=1S/C12H16BrNO4/c1-18-12(17)9(13)6-14-10(15)7-3-2-4-8(5-7)11(14)16/h7-9H,2-6H2,1H3. The molecule has 18 heavy (non-hydrogen) atoms. The highest BCUT2D eigenvalue weighted by atomic mass is 79.9. The number of hydrogen-bond donors (Lipinski definition) is 0. The van der Waals surface area contributed by atoms with Crippen molar-refractivity contribution in [1.29, 1.82) is 0 Å². The molecule has 2 bridgehead atoms. The van der Waals surface area contributed by atoms with E-state index in [-0.39, 0.29) is 30.2 Å². The number of halogens is 1. The molecular formula is C12H16BrNO4. The Hall–Kier alpha value is -0.910. The van der Waals surface area contributed by atoms with Gasteiger partial charge in [-0.1, -0.05) is 22.4 Å². The second kappa shape index (κ2) is 5.38. The van der Waals surface area contributed by atoms with Crippen molar-refractivity contribution in [3.8, 4) is 0 Å². The largest absolute Gasteiger partial charge is 0.468 e. The van der Waals surface area contributed by atoms with E-state index in [4.69, 9.17) is 0 Å². The Balaban J connectivity index is 2.09. The number of esters is 1. The Bertz CT molecular complexity index is 362. The third-order valence-corrected chi connectivity index (χ3v) is 4.37. The SMILES string of the molecule is COC(=O)C(Br)CN1C(=O)C2CCCC(C2)C1=O. The summed E-state index contributed by atoms with van der Waals surface area (Å²) in [5.74, 6) is -0.822. The van der Waals surface area contributed by atoms with Crippen molar-refractivity contribution in [3.63, 3.8) is 0 Å². The minimum Gasteiger partial charge on any atom is -0.468 e. The van der Waals surface area contributed by atoms with Crippen LogP contribution in [0.4, 0.5) is 0 Å². The molecule has 2 amide bonds. The van der Waals surface area contributed by atoms with Gasteiger partial charge in [-0.2, -0.15) is 0 Å². The molecule has 0 aromatic rings. The number of likely N-dealkylation sites (tertiary alicyclic amines) is 1. The fraction of sp³-hybridized carbons (Fsp3) is 0.750. The monoisotopic (exact) mass is 317 g/mol. The van der Waals surface area contributed by atoms with E-state index in [0.29, 0.717) is 6.42 Å². The van der Waals surface area contributed by atoms with E-state index in [2.05, 4.69) is 20.7 Å². The summed E-state index contributed by atoms with van der Waals surface area (Å²) in [4.78, 5) is 36.2. The van der Waals surface area contributed by atoms with E-state index in [1.807, 2.05) is 0 Å². The van der Waals surface area contributed by atoms with Crippen molar-refractivity contribution < 1.29 is 19.1 Å². The van der Waals surface area contributed by atoms with Gasteiger partial charge in [-0.3, -0.25) is 19.3 Å². The summed E-state index contributed by atoms with van der Waals surface area (Å²) in [5, 5.41) is 0. The lowest BCUT2D eigenvalue weighted by Gasteiger charge is -2.39. The van der Waals surface area contributed by atoms with Gasteiger partial charge in [0.25, 0.3) is 0 Å². The first-order chi connectivity index (χ1) is 8.54. The number of hydrogen-bond acceptors (Lipinski definition) is 4. The van der Waals surface area contributed by atoms with Gasteiger partial charge in [0.2, 0.25) is 11.8 Å². The highest BCUT2D eigenvalue weighted by Gasteiger charge is 2.43. The fourth-order valence-electron chi connectivity index (χ4n) is 2.73. The number of nitrogens with zero attached hydrogens (tertiary/aromatic N) is 1. The van der Waals surface area contributed by atoms with Crippen LogP contribution in [-0.2, 0) is 19.1 Å². The number of carbonyl (C=O) groups is 3. The predicted molar refractivity (Wildman–Crippen MR) is 66.9 cm³/mol. The molecule has 2 rings (SSSR count). The van der Waals surface area contributed by atoms with E-state index >= 15 is 0 Å². The lowest BCUT2D eigenvalue weighted by molar-refractivity contribution is -0.158. The van der Waals surface area contributed by atoms with Gasteiger partial charge in [0, 0.05) is 11.8 Å². The minimum absolute atomic E-state index is 0.0428. The molecule has 1 aliphatic carbocycles. The smallest absolute Gasteiger partial charge is 0.321 e. The summed E-state index contributed by atoms with van der Waals surface area (Å²) >= 11 is 3.15. The highest BCUT2D eigenvalue weighted by Crippen LogP contribution is 2.36. The van der Waals surface area contributed by atoms with Crippen LogP contribution in [0.3, 0.4) is 0 Å². The van der Waals surface area contributed by atoms with Crippen LogP contribution in [0.1, 0.15) is 25.7 Å². The van der Waals surface area contributed by atoms with Gasteiger partial charge < -0.3 is 4.74 Å². The van der Waals surface area contributed by atoms with Gasteiger partial charge in [-0.15, -0.1) is 0 Å². The van der Waals surface area contributed by atoms with Crippen molar-refractivity contribution in [1.82, 2.24) is 4.90 Å². The fourth-order valence-corrected chi connectivity index (χ4v) is 3.21. The van der Waals surface area contributed by atoms with Gasteiger partial charge in [-0.05, 0) is 19.3 Å². The predicted octanol–water partition coefficient (Wildman–Crippen LogP) is 1.10. The summed E-state index contributed by atoms with van der Waals surface area (Å²) in [6.07, 6.45) is 3.32. The molecule has 3 atom stereocenters. The Kier molecular flexibility index (Phi) is 4.04. The zero-order chi connectivity index (χ0) is 13.3. The third kappa shape index (κ3) is 2.43. The van der Waals surface area contributed by atoms with Crippen molar-refractivity contribution >= 4 is 33.7 Å². The molecule has 1 saturated heterocycles. The quantitative estimate of drug-likeness (QED) is 0.444. The molecule has 1 saturated carbocycles. The third-order valence-electron chi connectivity index (χ3n) is 3.70.